The van der Waals surface area contributed by atoms with Gasteiger partial charge in [0.2, 0.25) is 0 Å². The smallest absolute Gasteiger partial charge is 0.267 e. The molecule has 0 saturated carbocycles. The third-order valence-corrected chi connectivity index (χ3v) is 6.07. The molecule has 1 aliphatic rings. The van der Waals surface area contributed by atoms with E-state index < -0.39 is 0 Å². The first-order valence-electron chi connectivity index (χ1n) is 9.65. The monoisotopic (exact) mass is 417 g/mol. The van der Waals surface area contributed by atoms with E-state index in [-0.39, 0.29) is 5.91 Å². The third kappa shape index (κ3) is 4.19. The third-order valence-electron chi connectivity index (χ3n) is 5.06. The molecule has 1 saturated heterocycles. The van der Waals surface area contributed by atoms with Crippen LogP contribution in [0.2, 0.25) is 0 Å². The molecule has 1 fully saturated rings. The summed E-state index contributed by atoms with van der Waals surface area (Å²) in [6, 6.07) is 21.5. The van der Waals surface area contributed by atoms with Gasteiger partial charge < -0.3 is 9.30 Å². The van der Waals surface area contributed by atoms with Crippen LogP contribution in [0.5, 0.6) is 5.75 Å². The second-order valence-corrected chi connectivity index (χ2v) is 8.05. The zero-order chi connectivity index (χ0) is 21.1. The van der Waals surface area contributed by atoms with Gasteiger partial charge in [-0.1, -0.05) is 30.3 Å². The molecule has 0 aliphatic carbocycles. The van der Waals surface area contributed by atoms with Gasteiger partial charge in [0.15, 0.2) is 5.17 Å². The molecule has 0 bridgehead atoms. The molecule has 6 heteroatoms. The van der Waals surface area contributed by atoms with Crippen LogP contribution in [0.4, 0.5) is 5.69 Å². The number of carbonyl (C=O) groups is 1. The number of para-hydroxylation sites is 1. The van der Waals surface area contributed by atoms with E-state index in [4.69, 9.17) is 9.73 Å². The summed E-state index contributed by atoms with van der Waals surface area (Å²) in [6.45, 7) is 2.49. The highest BCUT2D eigenvalue weighted by Crippen LogP contribution is 2.35. The number of aryl methyl sites for hydroxylation is 1. The van der Waals surface area contributed by atoms with Gasteiger partial charge in [0, 0.05) is 18.4 Å². The van der Waals surface area contributed by atoms with Crippen molar-refractivity contribution >= 4 is 34.6 Å². The maximum Gasteiger partial charge on any atom is 0.267 e. The highest BCUT2D eigenvalue weighted by Gasteiger charge is 2.33. The van der Waals surface area contributed by atoms with Gasteiger partial charge in [-0.25, -0.2) is 4.99 Å². The number of nitrogens with zero attached hydrogens (tertiary/aromatic N) is 3. The topological polar surface area (TPSA) is 46.8 Å². The number of ether oxygens (including phenoxy) is 1. The summed E-state index contributed by atoms with van der Waals surface area (Å²) < 4.78 is 7.31. The largest absolute Gasteiger partial charge is 0.497 e. The van der Waals surface area contributed by atoms with Crippen molar-refractivity contribution in [1.29, 1.82) is 0 Å². The van der Waals surface area contributed by atoms with Crippen molar-refractivity contribution in [2.24, 2.45) is 12.0 Å². The standard InChI is InChI=1S/C24H23N3O2S/c1-17-9-12-20(26(17)2)15-22-23(28)27(16-18-10-13-21(29-3)14-11-18)24(30-22)25-19-7-5-4-6-8-19/h4-15H,16H2,1-3H3/b22-15-,25-24?. The fourth-order valence-corrected chi connectivity index (χ4v) is 4.15. The van der Waals surface area contributed by atoms with Gasteiger partial charge in [-0.15, -0.1) is 0 Å². The van der Waals surface area contributed by atoms with Crippen molar-refractivity contribution in [3.63, 3.8) is 0 Å². The molecule has 1 aromatic heterocycles. The lowest BCUT2D eigenvalue weighted by molar-refractivity contribution is -0.122. The zero-order valence-corrected chi connectivity index (χ0v) is 18.0. The highest BCUT2D eigenvalue weighted by molar-refractivity contribution is 8.18. The fraction of sp³-hybridized carbons (Fsp3) is 0.167. The Morgan fingerprint density at radius 3 is 2.40 bits per heavy atom. The minimum atomic E-state index is -0.0376. The Labute approximate surface area is 180 Å². The van der Waals surface area contributed by atoms with E-state index in [1.807, 2.05) is 86.8 Å². The molecule has 5 nitrogen and oxygen atoms in total. The second kappa shape index (κ2) is 8.63. The molecule has 0 spiro atoms. The first-order valence-corrected chi connectivity index (χ1v) is 10.5. The lowest BCUT2D eigenvalue weighted by atomic mass is 10.2. The van der Waals surface area contributed by atoms with Gasteiger partial charge in [0.1, 0.15) is 5.75 Å². The number of aliphatic imine (C=N–C) groups is 1. The van der Waals surface area contributed by atoms with Gasteiger partial charge in [0.05, 0.1) is 24.2 Å². The molecule has 1 amide bonds. The molecular formula is C24H23N3O2S. The van der Waals surface area contributed by atoms with E-state index in [2.05, 4.69) is 4.57 Å². The van der Waals surface area contributed by atoms with Crippen LogP contribution in [-0.2, 0) is 18.4 Å². The molecule has 4 rings (SSSR count). The van der Waals surface area contributed by atoms with E-state index in [0.29, 0.717) is 16.6 Å². The van der Waals surface area contributed by atoms with Gasteiger partial charge in [-0.05, 0) is 66.7 Å². The molecule has 30 heavy (non-hydrogen) atoms. The molecule has 3 aromatic rings. The van der Waals surface area contributed by atoms with Crippen LogP contribution in [0.1, 0.15) is 17.0 Å². The minimum Gasteiger partial charge on any atom is -0.497 e. The lowest BCUT2D eigenvalue weighted by Crippen LogP contribution is -2.28. The van der Waals surface area contributed by atoms with Gasteiger partial charge >= 0.3 is 0 Å². The maximum atomic E-state index is 13.3. The summed E-state index contributed by atoms with van der Waals surface area (Å²) in [5.74, 6) is 0.753. The van der Waals surface area contributed by atoms with E-state index in [1.54, 1.807) is 12.0 Å². The van der Waals surface area contributed by atoms with E-state index in [9.17, 15) is 4.79 Å². The van der Waals surface area contributed by atoms with Crippen molar-refractivity contribution < 1.29 is 9.53 Å². The molecule has 152 valence electrons. The van der Waals surface area contributed by atoms with E-state index in [1.165, 1.54) is 11.8 Å². The van der Waals surface area contributed by atoms with Crippen molar-refractivity contribution in [2.45, 2.75) is 13.5 Å². The SMILES string of the molecule is COc1ccc(CN2C(=O)/C(=C/c3ccc(C)n3C)SC2=Nc2ccccc2)cc1. The summed E-state index contributed by atoms with van der Waals surface area (Å²) in [6.07, 6.45) is 1.94. The molecule has 0 atom stereocenters. The Hall–Kier alpha value is -3.25. The van der Waals surface area contributed by atoms with E-state index >= 15 is 0 Å². The van der Waals surface area contributed by atoms with Crippen LogP contribution < -0.4 is 4.74 Å². The van der Waals surface area contributed by atoms with Crippen molar-refractivity contribution in [3.8, 4) is 5.75 Å². The summed E-state index contributed by atoms with van der Waals surface area (Å²) in [5.41, 5.74) is 3.98. The minimum absolute atomic E-state index is 0.0376. The first-order chi connectivity index (χ1) is 14.5. The summed E-state index contributed by atoms with van der Waals surface area (Å²) in [4.78, 5) is 20.4. The quantitative estimate of drug-likeness (QED) is 0.540. The van der Waals surface area contributed by atoms with Gasteiger partial charge in [0.25, 0.3) is 5.91 Å². The number of benzene rings is 2. The van der Waals surface area contributed by atoms with Crippen molar-refractivity contribution in [3.05, 3.63) is 88.6 Å². The average molecular weight is 418 g/mol. The number of hydrogen-bond acceptors (Lipinski definition) is 4. The first kappa shape index (κ1) is 20.0. The number of hydrogen-bond donors (Lipinski definition) is 0. The van der Waals surface area contributed by atoms with Crippen LogP contribution in [0.3, 0.4) is 0 Å². The number of carbonyl (C=O) groups excluding carboxylic acids is 1. The Bertz CT molecular complexity index is 1120. The zero-order valence-electron chi connectivity index (χ0n) is 17.2. The average Bonchev–Trinajstić information content (AvgIpc) is 3.23. The maximum absolute atomic E-state index is 13.3. The van der Waals surface area contributed by atoms with E-state index in [0.717, 1.165) is 28.4 Å². The molecule has 1 aliphatic heterocycles. The van der Waals surface area contributed by atoms with Crippen LogP contribution >= 0.6 is 11.8 Å². The molecule has 0 unspecified atom stereocenters. The Balaban J connectivity index is 1.68. The molecule has 0 radical (unpaired) electrons. The highest BCUT2D eigenvalue weighted by atomic mass is 32.2. The predicted octanol–water partition coefficient (Wildman–Crippen LogP) is 5.15. The molecule has 2 heterocycles. The Kier molecular flexibility index (Phi) is 5.77. The molecule has 0 N–H and O–H groups in total. The van der Waals surface area contributed by atoms with Crippen LogP contribution in [0.25, 0.3) is 6.08 Å². The summed E-state index contributed by atoms with van der Waals surface area (Å²) in [5, 5.41) is 0.680. The fourth-order valence-electron chi connectivity index (χ4n) is 3.17. The summed E-state index contributed by atoms with van der Waals surface area (Å²) >= 11 is 1.41. The molecular weight excluding hydrogens is 394 g/mol. The predicted molar refractivity (Wildman–Crippen MR) is 123 cm³/mol. The number of rotatable bonds is 5. The van der Waals surface area contributed by atoms with Crippen molar-refractivity contribution in [1.82, 2.24) is 9.47 Å². The Morgan fingerprint density at radius 1 is 1.03 bits per heavy atom. The molecule has 2 aromatic carbocycles. The number of aromatic nitrogens is 1. The van der Waals surface area contributed by atoms with Crippen LogP contribution in [0.15, 0.2) is 76.6 Å². The second-order valence-electron chi connectivity index (χ2n) is 7.04. The van der Waals surface area contributed by atoms with Gasteiger partial charge in [-0.3, -0.25) is 9.69 Å². The number of amidine groups is 1. The number of amides is 1. The number of methoxy groups -OCH3 is 1. The summed E-state index contributed by atoms with van der Waals surface area (Å²) in [7, 11) is 3.64. The van der Waals surface area contributed by atoms with Crippen LogP contribution in [0, 0.1) is 6.92 Å². The lowest BCUT2D eigenvalue weighted by Gasteiger charge is -2.16. The van der Waals surface area contributed by atoms with Crippen LogP contribution in [-0.4, -0.2) is 27.7 Å². The number of thioether (sulfide) groups is 1. The Morgan fingerprint density at radius 2 is 1.77 bits per heavy atom. The van der Waals surface area contributed by atoms with Crippen molar-refractivity contribution in [2.75, 3.05) is 7.11 Å². The van der Waals surface area contributed by atoms with Gasteiger partial charge in [-0.2, -0.15) is 0 Å². The normalized spacial score (nSPS) is 16.6.